The SMILES string of the molecule is C=CCNC(=NCCn1cnnc1CC)NC(C)CCCN(CC)CC. The average molecular weight is 364 g/mol. The first-order chi connectivity index (χ1) is 12.6. The van der Waals surface area contributed by atoms with E-state index in [4.69, 9.17) is 0 Å². The lowest BCUT2D eigenvalue weighted by atomic mass is 10.2. The molecule has 26 heavy (non-hydrogen) atoms. The van der Waals surface area contributed by atoms with E-state index >= 15 is 0 Å². The molecule has 7 heteroatoms. The summed E-state index contributed by atoms with van der Waals surface area (Å²) in [6.45, 7) is 18.1. The van der Waals surface area contributed by atoms with Crippen LogP contribution in [0.15, 0.2) is 24.0 Å². The second kappa shape index (κ2) is 13.3. The molecule has 7 nitrogen and oxygen atoms in total. The van der Waals surface area contributed by atoms with Crippen molar-refractivity contribution in [1.82, 2.24) is 30.3 Å². The Morgan fingerprint density at radius 2 is 2.15 bits per heavy atom. The highest BCUT2D eigenvalue weighted by molar-refractivity contribution is 5.80. The van der Waals surface area contributed by atoms with Crippen LogP contribution >= 0.6 is 0 Å². The quantitative estimate of drug-likeness (QED) is 0.319. The highest BCUT2D eigenvalue weighted by Gasteiger charge is 2.07. The molecule has 1 rings (SSSR count). The van der Waals surface area contributed by atoms with E-state index in [-0.39, 0.29) is 0 Å². The van der Waals surface area contributed by atoms with Gasteiger partial charge in [0.25, 0.3) is 0 Å². The van der Waals surface area contributed by atoms with Crippen molar-refractivity contribution >= 4 is 5.96 Å². The number of hydrogen-bond donors (Lipinski definition) is 2. The summed E-state index contributed by atoms with van der Waals surface area (Å²) in [5.74, 6) is 1.84. The van der Waals surface area contributed by atoms with E-state index in [0.29, 0.717) is 19.1 Å². The summed E-state index contributed by atoms with van der Waals surface area (Å²) in [5, 5.41) is 14.9. The van der Waals surface area contributed by atoms with Crippen molar-refractivity contribution in [3.05, 3.63) is 24.8 Å². The highest BCUT2D eigenvalue weighted by atomic mass is 15.3. The van der Waals surface area contributed by atoms with Crippen LogP contribution in [0.25, 0.3) is 0 Å². The molecule has 1 unspecified atom stereocenters. The number of rotatable bonds is 13. The third-order valence-corrected chi connectivity index (χ3v) is 4.43. The Morgan fingerprint density at radius 1 is 1.38 bits per heavy atom. The molecule has 0 spiro atoms. The molecule has 1 atom stereocenters. The van der Waals surface area contributed by atoms with Gasteiger partial charge in [-0.2, -0.15) is 0 Å². The van der Waals surface area contributed by atoms with E-state index in [1.807, 2.05) is 6.08 Å². The van der Waals surface area contributed by atoms with Gasteiger partial charge in [-0.1, -0.05) is 26.8 Å². The fourth-order valence-electron chi connectivity index (χ4n) is 2.80. The molecule has 1 heterocycles. The Labute approximate surface area is 159 Å². The van der Waals surface area contributed by atoms with E-state index in [9.17, 15) is 0 Å². The first-order valence-electron chi connectivity index (χ1n) is 9.89. The Kier molecular flexibility index (Phi) is 11.4. The molecule has 0 aliphatic carbocycles. The van der Waals surface area contributed by atoms with Crippen molar-refractivity contribution in [2.75, 3.05) is 32.7 Å². The molecule has 0 bridgehead atoms. The predicted molar refractivity (Wildman–Crippen MR) is 110 cm³/mol. The van der Waals surface area contributed by atoms with Crippen LogP contribution in [0.1, 0.15) is 46.4 Å². The number of nitrogens with one attached hydrogen (secondary N) is 2. The lowest BCUT2D eigenvalue weighted by Crippen LogP contribution is -2.42. The van der Waals surface area contributed by atoms with Crippen molar-refractivity contribution in [3.8, 4) is 0 Å². The van der Waals surface area contributed by atoms with Gasteiger partial charge >= 0.3 is 0 Å². The van der Waals surface area contributed by atoms with Crippen molar-refractivity contribution in [2.24, 2.45) is 4.99 Å². The molecule has 0 saturated heterocycles. The number of aliphatic imine (C=N–C) groups is 1. The molecular weight excluding hydrogens is 326 g/mol. The summed E-state index contributed by atoms with van der Waals surface area (Å²) < 4.78 is 2.06. The largest absolute Gasteiger partial charge is 0.354 e. The van der Waals surface area contributed by atoms with Gasteiger partial charge in [0.2, 0.25) is 0 Å². The minimum Gasteiger partial charge on any atom is -0.354 e. The van der Waals surface area contributed by atoms with Crippen LogP contribution < -0.4 is 10.6 Å². The van der Waals surface area contributed by atoms with Crippen LogP contribution in [-0.4, -0.2) is 64.4 Å². The number of hydrogen-bond acceptors (Lipinski definition) is 4. The second-order valence-electron chi connectivity index (χ2n) is 6.41. The topological polar surface area (TPSA) is 70.4 Å². The fourth-order valence-corrected chi connectivity index (χ4v) is 2.80. The summed E-state index contributed by atoms with van der Waals surface area (Å²) in [4.78, 5) is 7.15. The summed E-state index contributed by atoms with van der Waals surface area (Å²) in [6, 6.07) is 0.378. The Bertz CT molecular complexity index is 520. The average Bonchev–Trinajstić information content (AvgIpc) is 3.10. The van der Waals surface area contributed by atoms with Gasteiger partial charge < -0.3 is 20.1 Å². The monoisotopic (exact) mass is 363 g/mol. The first-order valence-corrected chi connectivity index (χ1v) is 9.89. The molecule has 148 valence electrons. The maximum atomic E-state index is 4.69. The minimum atomic E-state index is 0.378. The lowest BCUT2D eigenvalue weighted by Gasteiger charge is -2.21. The van der Waals surface area contributed by atoms with Gasteiger partial charge in [-0.3, -0.25) is 4.99 Å². The van der Waals surface area contributed by atoms with Crippen molar-refractivity contribution in [2.45, 2.75) is 59.5 Å². The summed E-state index contributed by atoms with van der Waals surface area (Å²) in [6.07, 6.45) is 6.81. The van der Waals surface area contributed by atoms with Gasteiger partial charge in [0.1, 0.15) is 12.2 Å². The third-order valence-electron chi connectivity index (χ3n) is 4.43. The maximum Gasteiger partial charge on any atom is 0.191 e. The van der Waals surface area contributed by atoms with Crippen molar-refractivity contribution in [1.29, 1.82) is 0 Å². The molecule has 0 aliphatic heterocycles. The number of nitrogens with zero attached hydrogens (tertiary/aromatic N) is 5. The third kappa shape index (κ3) is 8.47. The zero-order valence-corrected chi connectivity index (χ0v) is 17.0. The van der Waals surface area contributed by atoms with Crippen LogP contribution in [0.3, 0.4) is 0 Å². The Hall–Kier alpha value is -1.89. The normalized spacial score (nSPS) is 13.0. The van der Waals surface area contributed by atoms with Gasteiger partial charge in [-0.05, 0) is 39.4 Å². The molecule has 0 aliphatic rings. The molecule has 0 aromatic carbocycles. The molecule has 0 radical (unpaired) electrons. The van der Waals surface area contributed by atoms with Crippen molar-refractivity contribution in [3.63, 3.8) is 0 Å². The highest BCUT2D eigenvalue weighted by Crippen LogP contribution is 2.00. The van der Waals surface area contributed by atoms with Crippen LogP contribution in [-0.2, 0) is 13.0 Å². The van der Waals surface area contributed by atoms with Gasteiger partial charge in [-0.15, -0.1) is 16.8 Å². The second-order valence-corrected chi connectivity index (χ2v) is 6.41. The van der Waals surface area contributed by atoms with Gasteiger partial charge in [0.05, 0.1) is 6.54 Å². The van der Waals surface area contributed by atoms with E-state index in [1.54, 1.807) is 6.33 Å². The van der Waals surface area contributed by atoms with E-state index in [1.165, 1.54) is 6.42 Å². The molecule has 1 aromatic rings. The zero-order chi connectivity index (χ0) is 19.2. The lowest BCUT2D eigenvalue weighted by molar-refractivity contribution is 0.292. The minimum absolute atomic E-state index is 0.378. The molecule has 0 amide bonds. The van der Waals surface area contributed by atoms with E-state index in [0.717, 1.165) is 50.8 Å². The molecule has 0 saturated carbocycles. The first kappa shape index (κ1) is 22.2. The fraction of sp³-hybridized carbons (Fsp3) is 0.737. The zero-order valence-electron chi connectivity index (χ0n) is 17.0. The summed E-state index contributed by atoms with van der Waals surface area (Å²) in [5.41, 5.74) is 0. The standard InChI is InChI=1S/C19H37N7/c1-6-12-20-19(21-13-15-26-16-22-24-18(26)7-2)23-17(5)11-10-14-25(8-3)9-4/h6,16-17H,1,7-15H2,2-5H3,(H2,20,21,23). The van der Waals surface area contributed by atoms with Crippen LogP contribution in [0.5, 0.6) is 0 Å². The van der Waals surface area contributed by atoms with Crippen molar-refractivity contribution < 1.29 is 0 Å². The Balaban J connectivity index is 2.47. The number of guanidine groups is 1. The maximum absolute atomic E-state index is 4.69. The number of aryl methyl sites for hydroxylation is 1. The number of aromatic nitrogens is 3. The van der Waals surface area contributed by atoms with E-state index < -0.39 is 0 Å². The van der Waals surface area contributed by atoms with Gasteiger partial charge in [0, 0.05) is 25.6 Å². The van der Waals surface area contributed by atoms with Crippen LogP contribution in [0, 0.1) is 0 Å². The predicted octanol–water partition coefficient (Wildman–Crippen LogP) is 2.07. The molecular formula is C19H37N7. The van der Waals surface area contributed by atoms with Crippen LogP contribution in [0.2, 0.25) is 0 Å². The molecule has 0 fully saturated rings. The summed E-state index contributed by atoms with van der Waals surface area (Å²) in [7, 11) is 0. The van der Waals surface area contributed by atoms with Gasteiger partial charge in [0.15, 0.2) is 5.96 Å². The molecule has 1 aromatic heterocycles. The smallest absolute Gasteiger partial charge is 0.191 e. The van der Waals surface area contributed by atoms with Crippen LogP contribution in [0.4, 0.5) is 0 Å². The Morgan fingerprint density at radius 3 is 2.81 bits per heavy atom. The van der Waals surface area contributed by atoms with Gasteiger partial charge in [-0.25, -0.2) is 0 Å². The summed E-state index contributed by atoms with van der Waals surface area (Å²) >= 11 is 0. The van der Waals surface area contributed by atoms with E-state index in [2.05, 4.69) is 69.6 Å². The molecule has 2 N–H and O–H groups in total.